The SMILES string of the molecule is Cc1ccc(S(=O)(=O)NC2CCc3nn(CCN(C)C)c(=O)n3CC2)c(Cl)c1. The number of aromatic nitrogens is 3. The molecule has 1 aliphatic rings. The predicted octanol–water partition coefficient (Wildman–Crippen LogP) is 1.25. The zero-order valence-corrected chi connectivity index (χ0v) is 17.9. The summed E-state index contributed by atoms with van der Waals surface area (Å²) in [5.41, 5.74) is 0.760. The van der Waals surface area contributed by atoms with Gasteiger partial charge in [0.25, 0.3) is 0 Å². The third kappa shape index (κ3) is 4.65. The Balaban J connectivity index is 1.71. The Morgan fingerprint density at radius 1 is 1.32 bits per heavy atom. The molecule has 2 heterocycles. The van der Waals surface area contributed by atoms with Crippen molar-refractivity contribution in [2.45, 2.75) is 50.2 Å². The van der Waals surface area contributed by atoms with Crippen molar-refractivity contribution in [3.63, 3.8) is 0 Å². The molecule has 0 fully saturated rings. The van der Waals surface area contributed by atoms with Crippen LogP contribution < -0.4 is 10.4 Å². The molecule has 1 aliphatic heterocycles. The number of sulfonamides is 1. The van der Waals surface area contributed by atoms with Crippen molar-refractivity contribution in [3.8, 4) is 0 Å². The van der Waals surface area contributed by atoms with Crippen LogP contribution in [-0.2, 0) is 29.5 Å². The van der Waals surface area contributed by atoms with Gasteiger partial charge in [-0.3, -0.25) is 4.57 Å². The molecule has 10 heteroatoms. The number of aryl methyl sites for hydroxylation is 2. The fraction of sp³-hybridized carbons (Fsp3) is 0.556. The fourth-order valence-corrected chi connectivity index (χ4v) is 5.20. The molecule has 1 N–H and O–H groups in total. The topological polar surface area (TPSA) is 89.2 Å². The number of nitrogens with zero attached hydrogens (tertiary/aromatic N) is 4. The fourth-order valence-electron chi connectivity index (χ4n) is 3.29. The highest BCUT2D eigenvalue weighted by Crippen LogP contribution is 2.23. The molecule has 8 nitrogen and oxygen atoms in total. The maximum absolute atomic E-state index is 12.7. The van der Waals surface area contributed by atoms with Gasteiger partial charge in [0, 0.05) is 25.6 Å². The molecule has 0 saturated carbocycles. The van der Waals surface area contributed by atoms with Gasteiger partial charge in [0.15, 0.2) is 0 Å². The van der Waals surface area contributed by atoms with E-state index in [9.17, 15) is 13.2 Å². The first-order valence-corrected chi connectivity index (χ1v) is 11.1. The molecule has 0 spiro atoms. The second-order valence-corrected chi connectivity index (χ2v) is 9.55. The van der Waals surface area contributed by atoms with Gasteiger partial charge >= 0.3 is 5.69 Å². The molecule has 1 aromatic carbocycles. The van der Waals surface area contributed by atoms with E-state index < -0.39 is 10.0 Å². The molecule has 0 saturated heterocycles. The van der Waals surface area contributed by atoms with E-state index in [0.29, 0.717) is 38.2 Å². The quantitative estimate of drug-likeness (QED) is 0.749. The first kappa shape index (κ1) is 21.0. The van der Waals surface area contributed by atoms with Crippen LogP contribution in [0.15, 0.2) is 27.9 Å². The number of benzene rings is 1. The van der Waals surface area contributed by atoms with Gasteiger partial charge in [-0.15, -0.1) is 0 Å². The normalized spacial score (nSPS) is 17.5. The van der Waals surface area contributed by atoms with Gasteiger partial charge in [-0.25, -0.2) is 22.6 Å². The van der Waals surface area contributed by atoms with Crippen molar-refractivity contribution in [1.82, 2.24) is 24.0 Å². The Morgan fingerprint density at radius 2 is 2.07 bits per heavy atom. The monoisotopic (exact) mass is 427 g/mol. The predicted molar refractivity (Wildman–Crippen MR) is 108 cm³/mol. The Bertz CT molecular complexity index is 1010. The number of rotatable bonds is 6. The molecular formula is C18H26ClN5O3S. The van der Waals surface area contributed by atoms with E-state index in [1.807, 2.05) is 25.9 Å². The summed E-state index contributed by atoms with van der Waals surface area (Å²) < 4.78 is 31.4. The third-order valence-corrected chi connectivity index (χ3v) is 6.88. The lowest BCUT2D eigenvalue weighted by atomic mass is 10.1. The second kappa shape index (κ2) is 8.36. The van der Waals surface area contributed by atoms with Crippen LogP contribution in [0.3, 0.4) is 0 Å². The second-order valence-electron chi connectivity index (χ2n) is 7.46. The van der Waals surface area contributed by atoms with Crippen molar-refractivity contribution in [3.05, 3.63) is 45.1 Å². The van der Waals surface area contributed by atoms with Crippen LogP contribution in [0.1, 0.15) is 24.2 Å². The highest BCUT2D eigenvalue weighted by molar-refractivity contribution is 7.89. The highest BCUT2D eigenvalue weighted by atomic mass is 35.5. The van der Waals surface area contributed by atoms with Gasteiger partial charge in [-0.2, -0.15) is 5.10 Å². The number of nitrogens with one attached hydrogen (secondary N) is 1. The van der Waals surface area contributed by atoms with E-state index in [4.69, 9.17) is 11.6 Å². The minimum absolute atomic E-state index is 0.0767. The van der Waals surface area contributed by atoms with Crippen LogP contribution >= 0.6 is 11.6 Å². The number of hydrogen-bond acceptors (Lipinski definition) is 5. The molecular weight excluding hydrogens is 402 g/mol. The Morgan fingerprint density at radius 3 is 2.75 bits per heavy atom. The van der Waals surface area contributed by atoms with E-state index in [-0.39, 0.29) is 21.6 Å². The van der Waals surface area contributed by atoms with Crippen LogP contribution in [0.25, 0.3) is 0 Å². The smallest absolute Gasteiger partial charge is 0.308 e. The molecule has 0 aliphatic carbocycles. The highest BCUT2D eigenvalue weighted by Gasteiger charge is 2.26. The standard InChI is InChI=1S/C18H26ClN5O3S/c1-13-4-6-16(15(19)12-13)28(26,27)21-14-5-7-17-20-24(11-10-22(2)3)18(25)23(17)9-8-14/h4,6,12,14,21H,5,7-11H2,1-3H3. The molecule has 28 heavy (non-hydrogen) atoms. The maximum Gasteiger partial charge on any atom is 0.345 e. The lowest BCUT2D eigenvalue weighted by molar-refractivity contribution is 0.367. The molecule has 154 valence electrons. The van der Waals surface area contributed by atoms with E-state index in [0.717, 1.165) is 12.1 Å². The van der Waals surface area contributed by atoms with E-state index in [1.54, 1.807) is 16.7 Å². The first-order chi connectivity index (χ1) is 13.2. The lowest BCUT2D eigenvalue weighted by Crippen LogP contribution is -2.36. The summed E-state index contributed by atoms with van der Waals surface area (Å²) in [7, 11) is 0.164. The average molecular weight is 428 g/mol. The largest absolute Gasteiger partial charge is 0.345 e. The number of fused-ring (bicyclic) bond motifs is 1. The van der Waals surface area contributed by atoms with Gasteiger partial charge in [-0.1, -0.05) is 17.7 Å². The minimum Gasteiger partial charge on any atom is -0.308 e. The summed E-state index contributed by atoms with van der Waals surface area (Å²) in [6.07, 6.45) is 1.64. The summed E-state index contributed by atoms with van der Waals surface area (Å²) >= 11 is 6.13. The summed E-state index contributed by atoms with van der Waals surface area (Å²) in [5, 5.41) is 4.64. The van der Waals surface area contributed by atoms with Gasteiger partial charge < -0.3 is 4.90 Å². The van der Waals surface area contributed by atoms with Gasteiger partial charge in [0.05, 0.1) is 11.6 Å². The number of likely N-dealkylation sites (N-methyl/N-ethyl adjacent to an activating group) is 1. The summed E-state index contributed by atoms with van der Waals surface area (Å²) in [6.45, 7) is 3.56. The first-order valence-electron chi connectivity index (χ1n) is 9.27. The van der Waals surface area contributed by atoms with E-state index in [1.165, 1.54) is 10.7 Å². The maximum atomic E-state index is 12.7. The third-order valence-electron chi connectivity index (χ3n) is 4.87. The van der Waals surface area contributed by atoms with Crippen molar-refractivity contribution >= 4 is 21.6 Å². The number of hydrogen-bond donors (Lipinski definition) is 1. The van der Waals surface area contributed by atoms with Crippen molar-refractivity contribution in [1.29, 1.82) is 0 Å². The minimum atomic E-state index is -3.73. The molecule has 0 radical (unpaired) electrons. The Kier molecular flexibility index (Phi) is 6.28. The Hall–Kier alpha value is -1.68. The van der Waals surface area contributed by atoms with Crippen LogP contribution in [0.2, 0.25) is 5.02 Å². The summed E-state index contributed by atoms with van der Waals surface area (Å²) in [4.78, 5) is 14.6. The van der Waals surface area contributed by atoms with Crippen molar-refractivity contribution in [2.75, 3.05) is 20.6 Å². The molecule has 0 amide bonds. The van der Waals surface area contributed by atoms with E-state index in [2.05, 4.69) is 9.82 Å². The van der Waals surface area contributed by atoms with Gasteiger partial charge in [0.2, 0.25) is 10.0 Å². The zero-order chi connectivity index (χ0) is 20.5. The van der Waals surface area contributed by atoms with Crippen LogP contribution in [0.5, 0.6) is 0 Å². The van der Waals surface area contributed by atoms with E-state index >= 15 is 0 Å². The van der Waals surface area contributed by atoms with Crippen LogP contribution in [0, 0.1) is 6.92 Å². The lowest BCUT2D eigenvalue weighted by Gasteiger charge is -2.17. The van der Waals surface area contributed by atoms with Crippen molar-refractivity contribution in [2.24, 2.45) is 0 Å². The summed E-state index contributed by atoms with van der Waals surface area (Å²) in [5.74, 6) is 0.707. The Labute approximate surface area is 170 Å². The number of halogens is 1. The molecule has 1 aromatic heterocycles. The van der Waals surface area contributed by atoms with Crippen molar-refractivity contribution < 1.29 is 8.42 Å². The summed E-state index contributed by atoms with van der Waals surface area (Å²) in [6, 6.07) is 4.60. The van der Waals surface area contributed by atoms with Gasteiger partial charge in [-0.05, 0) is 51.6 Å². The molecule has 1 unspecified atom stereocenters. The molecule has 0 bridgehead atoms. The van der Waals surface area contributed by atoms with Gasteiger partial charge in [0.1, 0.15) is 10.7 Å². The molecule has 1 atom stereocenters. The van der Waals surface area contributed by atoms with Crippen LogP contribution in [-0.4, -0.2) is 54.3 Å². The molecule has 3 rings (SSSR count). The zero-order valence-electron chi connectivity index (χ0n) is 16.4. The average Bonchev–Trinajstić information content (AvgIpc) is 2.76. The van der Waals surface area contributed by atoms with Crippen LogP contribution in [0.4, 0.5) is 0 Å². The molecule has 2 aromatic rings.